The molecule has 0 spiro atoms. The van der Waals surface area contributed by atoms with Gasteiger partial charge < -0.3 is 16.0 Å². The van der Waals surface area contributed by atoms with Gasteiger partial charge in [-0.1, -0.05) is 0 Å². The standard InChI is InChI=1S/C14H19N5O2S/c1-9-4-5-12(22-9)10(2)18(3)14(21)17-11-6-16-19(7-11)8-13(15)20/h4-7,10H,8H2,1-3H3,(H2,15,20)(H,17,21). The van der Waals surface area contributed by atoms with E-state index in [1.165, 1.54) is 15.8 Å². The van der Waals surface area contributed by atoms with Gasteiger partial charge in [0.15, 0.2) is 0 Å². The zero-order valence-corrected chi connectivity index (χ0v) is 13.6. The number of aryl methyl sites for hydroxylation is 1. The Bertz CT molecular complexity index is 678. The third-order valence-electron chi connectivity index (χ3n) is 3.28. The number of nitrogens with two attached hydrogens (primary N) is 1. The first-order valence-electron chi connectivity index (χ1n) is 6.77. The van der Waals surface area contributed by atoms with Crippen molar-refractivity contribution in [2.45, 2.75) is 26.4 Å². The molecule has 0 aliphatic carbocycles. The number of carbonyl (C=O) groups excluding carboxylic acids is 2. The number of hydrogen-bond acceptors (Lipinski definition) is 4. The maximum Gasteiger partial charge on any atom is 0.322 e. The van der Waals surface area contributed by atoms with Crippen LogP contribution in [0.1, 0.15) is 22.7 Å². The minimum Gasteiger partial charge on any atom is -0.368 e. The second-order valence-electron chi connectivity index (χ2n) is 5.06. The molecule has 0 aliphatic rings. The number of rotatable bonds is 5. The lowest BCUT2D eigenvalue weighted by Crippen LogP contribution is -2.33. The smallest absolute Gasteiger partial charge is 0.322 e. The van der Waals surface area contributed by atoms with Crippen LogP contribution in [0.5, 0.6) is 0 Å². The molecule has 0 bridgehead atoms. The van der Waals surface area contributed by atoms with E-state index in [1.807, 2.05) is 26.0 Å². The molecular formula is C14H19N5O2S. The highest BCUT2D eigenvalue weighted by Crippen LogP contribution is 2.26. The zero-order valence-electron chi connectivity index (χ0n) is 12.7. The highest BCUT2D eigenvalue weighted by atomic mass is 32.1. The molecule has 2 rings (SSSR count). The Morgan fingerprint density at radius 1 is 1.50 bits per heavy atom. The molecule has 22 heavy (non-hydrogen) atoms. The van der Waals surface area contributed by atoms with Gasteiger partial charge in [0.05, 0.1) is 17.9 Å². The summed E-state index contributed by atoms with van der Waals surface area (Å²) in [5.41, 5.74) is 5.62. The molecular weight excluding hydrogens is 302 g/mol. The van der Waals surface area contributed by atoms with E-state index in [2.05, 4.69) is 10.4 Å². The van der Waals surface area contributed by atoms with Crippen LogP contribution in [0.4, 0.5) is 10.5 Å². The summed E-state index contributed by atoms with van der Waals surface area (Å²) in [6, 6.07) is 3.80. The largest absolute Gasteiger partial charge is 0.368 e. The summed E-state index contributed by atoms with van der Waals surface area (Å²) < 4.78 is 1.38. The van der Waals surface area contributed by atoms with Crippen molar-refractivity contribution >= 4 is 29.0 Å². The molecule has 8 heteroatoms. The number of amides is 3. The van der Waals surface area contributed by atoms with Crippen molar-refractivity contribution in [2.24, 2.45) is 5.73 Å². The summed E-state index contributed by atoms with van der Waals surface area (Å²) in [6.45, 7) is 3.99. The van der Waals surface area contributed by atoms with Gasteiger partial charge >= 0.3 is 6.03 Å². The van der Waals surface area contributed by atoms with E-state index < -0.39 is 5.91 Å². The molecule has 2 aromatic heterocycles. The number of urea groups is 1. The number of aromatic nitrogens is 2. The number of thiophene rings is 1. The summed E-state index contributed by atoms with van der Waals surface area (Å²) in [5.74, 6) is -0.486. The first-order valence-corrected chi connectivity index (χ1v) is 7.59. The SMILES string of the molecule is Cc1ccc(C(C)N(C)C(=O)Nc2cnn(CC(N)=O)c2)s1. The third kappa shape index (κ3) is 3.85. The van der Waals surface area contributed by atoms with Gasteiger partial charge in [-0.05, 0) is 26.0 Å². The second kappa shape index (κ2) is 6.61. The maximum atomic E-state index is 12.3. The van der Waals surface area contributed by atoms with Crippen LogP contribution >= 0.6 is 11.3 Å². The van der Waals surface area contributed by atoms with Gasteiger partial charge in [-0.3, -0.25) is 9.48 Å². The van der Waals surface area contributed by atoms with Gasteiger partial charge in [0.2, 0.25) is 5.91 Å². The van der Waals surface area contributed by atoms with Gasteiger partial charge in [-0.2, -0.15) is 5.10 Å². The second-order valence-corrected chi connectivity index (χ2v) is 6.38. The van der Waals surface area contributed by atoms with Crippen LogP contribution in [0.15, 0.2) is 24.5 Å². The Morgan fingerprint density at radius 3 is 2.82 bits per heavy atom. The molecule has 1 atom stereocenters. The van der Waals surface area contributed by atoms with Crippen molar-refractivity contribution in [1.29, 1.82) is 0 Å². The van der Waals surface area contributed by atoms with Crippen molar-refractivity contribution in [2.75, 3.05) is 12.4 Å². The Labute approximate surface area is 132 Å². The highest BCUT2D eigenvalue weighted by Gasteiger charge is 2.19. The molecule has 3 N–H and O–H groups in total. The molecule has 118 valence electrons. The number of nitrogens with zero attached hydrogens (tertiary/aromatic N) is 3. The molecule has 0 fully saturated rings. The van der Waals surface area contributed by atoms with Crippen molar-refractivity contribution in [3.63, 3.8) is 0 Å². The van der Waals surface area contributed by atoms with E-state index in [9.17, 15) is 9.59 Å². The quantitative estimate of drug-likeness (QED) is 0.881. The summed E-state index contributed by atoms with van der Waals surface area (Å²) in [5, 5.41) is 6.71. The fraction of sp³-hybridized carbons (Fsp3) is 0.357. The van der Waals surface area contributed by atoms with E-state index >= 15 is 0 Å². The van der Waals surface area contributed by atoms with Crippen LogP contribution in [-0.2, 0) is 11.3 Å². The summed E-state index contributed by atoms with van der Waals surface area (Å²) in [4.78, 5) is 27.0. The van der Waals surface area contributed by atoms with Gasteiger partial charge in [0, 0.05) is 23.0 Å². The number of hydrogen-bond donors (Lipinski definition) is 2. The Hall–Kier alpha value is -2.35. The minimum absolute atomic E-state index is 0.0173. The number of anilines is 1. The molecule has 0 radical (unpaired) electrons. The average Bonchev–Trinajstić information content (AvgIpc) is 3.05. The third-order valence-corrected chi connectivity index (χ3v) is 4.45. The van der Waals surface area contributed by atoms with Gasteiger partial charge in [-0.15, -0.1) is 11.3 Å². The lowest BCUT2D eigenvalue weighted by Gasteiger charge is -2.24. The van der Waals surface area contributed by atoms with E-state index in [-0.39, 0.29) is 18.6 Å². The highest BCUT2D eigenvalue weighted by molar-refractivity contribution is 7.12. The topological polar surface area (TPSA) is 93.2 Å². The summed E-state index contributed by atoms with van der Waals surface area (Å²) in [7, 11) is 1.74. The Balaban J connectivity index is 1.99. The predicted octanol–water partition coefficient (Wildman–Crippen LogP) is 1.96. The van der Waals surface area contributed by atoms with Crippen LogP contribution in [0.25, 0.3) is 0 Å². The Kier molecular flexibility index (Phi) is 4.81. The Morgan fingerprint density at radius 2 is 2.23 bits per heavy atom. The molecule has 1 unspecified atom stereocenters. The number of carbonyl (C=O) groups is 2. The molecule has 3 amide bonds. The molecule has 0 aromatic carbocycles. The maximum absolute atomic E-state index is 12.3. The van der Waals surface area contributed by atoms with E-state index in [1.54, 1.807) is 29.5 Å². The van der Waals surface area contributed by atoms with Crippen LogP contribution in [0, 0.1) is 6.92 Å². The number of primary amides is 1. The van der Waals surface area contributed by atoms with E-state index in [0.29, 0.717) is 5.69 Å². The number of nitrogens with one attached hydrogen (secondary N) is 1. The molecule has 2 aromatic rings. The van der Waals surface area contributed by atoms with Crippen LogP contribution in [0.2, 0.25) is 0 Å². The van der Waals surface area contributed by atoms with Crippen molar-refractivity contribution < 1.29 is 9.59 Å². The zero-order chi connectivity index (χ0) is 16.3. The fourth-order valence-electron chi connectivity index (χ4n) is 1.93. The van der Waals surface area contributed by atoms with E-state index in [4.69, 9.17) is 5.73 Å². The summed E-state index contributed by atoms with van der Waals surface area (Å²) >= 11 is 1.67. The minimum atomic E-state index is -0.486. The average molecular weight is 321 g/mol. The van der Waals surface area contributed by atoms with Gasteiger partial charge in [-0.25, -0.2) is 4.79 Å². The molecule has 0 saturated carbocycles. The molecule has 0 saturated heterocycles. The van der Waals surface area contributed by atoms with Gasteiger partial charge in [0.25, 0.3) is 0 Å². The molecule has 7 nitrogen and oxygen atoms in total. The fourth-order valence-corrected chi connectivity index (χ4v) is 2.90. The monoisotopic (exact) mass is 321 g/mol. The van der Waals surface area contributed by atoms with Gasteiger partial charge in [0.1, 0.15) is 6.54 Å². The normalized spacial score (nSPS) is 12.0. The van der Waals surface area contributed by atoms with Crippen LogP contribution < -0.4 is 11.1 Å². The summed E-state index contributed by atoms with van der Waals surface area (Å²) in [6.07, 6.45) is 3.05. The predicted molar refractivity (Wildman–Crippen MR) is 85.7 cm³/mol. The molecule has 0 aliphatic heterocycles. The molecule has 2 heterocycles. The van der Waals surface area contributed by atoms with Crippen molar-refractivity contribution in [1.82, 2.24) is 14.7 Å². The van der Waals surface area contributed by atoms with Crippen LogP contribution in [-0.4, -0.2) is 33.7 Å². The first kappa shape index (κ1) is 16.0. The van der Waals surface area contributed by atoms with Crippen LogP contribution in [0.3, 0.4) is 0 Å². The van der Waals surface area contributed by atoms with Crippen molar-refractivity contribution in [3.8, 4) is 0 Å². The lowest BCUT2D eigenvalue weighted by atomic mass is 10.2. The van der Waals surface area contributed by atoms with Crippen molar-refractivity contribution in [3.05, 3.63) is 34.3 Å². The lowest BCUT2D eigenvalue weighted by molar-refractivity contribution is -0.118. The first-order chi connectivity index (χ1) is 10.4. The van der Waals surface area contributed by atoms with E-state index in [0.717, 1.165) is 4.88 Å².